The van der Waals surface area contributed by atoms with E-state index in [1.807, 2.05) is 36.4 Å². The first-order valence-corrected chi connectivity index (χ1v) is 7.84. The lowest BCUT2D eigenvalue weighted by Gasteiger charge is -2.20. The maximum atomic E-state index is 6.23. The molecule has 0 radical (unpaired) electrons. The minimum Gasteiger partial charge on any atom is -0.497 e. The summed E-state index contributed by atoms with van der Waals surface area (Å²) in [7, 11) is 1.63. The van der Waals surface area contributed by atoms with Crippen molar-refractivity contribution in [1.29, 1.82) is 0 Å². The molecule has 0 saturated carbocycles. The fourth-order valence-corrected chi connectivity index (χ4v) is 3.18. The Morgan fingerprint density at radius 2 is 1.90 bits per heavy atom. The van der Waals surface area contributed by atoms with Gasteiger partial charge in [-0.15, -0.1) is 0 Å². The van der Waals surface area contributed by atoms with Crippen LogP contribution in [-0.2, 0) is 6.42 Å². The van der Waals surface area contributed by atoms with Gasteiger partial charge in [-0.2, -0.15) is 0 Å². The molecule has 0 aliphatic heterocycles. The predicted molar refractivity (Wildman–Crippen MR) is 90.9 cm³/mol. The molecule has 0 bridgehead atoms. The topological polar surface area (TPSA) is 47.3 Å². The van der Waals surface area contributed by atoms with Gasteiger partial charge in [0, 0.05) is 14.5 Å². The van der Waals surface area contributed by atoms with Crippen molar-refractivity contribution in [3.05, 3.63) is 62.0 Å². The van der Waals surface area contributed by atoms with Crippen LogP contribution in [0.3, 0.4) is 0 Å². The lowest BCUT2D eigenvalue weighted by atomic mass is 9.99. The molecule has 2 aromatic carbocycles. The van der Waals surface area contributed by atoms with Gasteiger partial charge in [0.15, 0.2) is 0 Å². The number of hydrogen-bond acceptors (Lipinski definition) is 3. The zero-order valence-electron chi connectivity index (χ0n) is 11.4. The van der Waals surface area contributed by atoms with Crippen molar-refractivity contribution in [1.82, 2.24) is 5.43 Å². The molecular weight excluding hydrogens is 375 g/mol. The highest BCUT2D eigenvalue weighted by atomic mass is 79.9. The van der Waals surface area contributed by atoms with Gasteiger partial charge in [-0.05, 0) is 47.9 Å². The number of benzene rings is 2. The zero-order valence-corrected chi connectivity index (χ0v) is 14.5. The zero-order chi connectivity index (χ0) is 15.4. The maximum Gasteiger partial charge on any atom is 0.119 e. The summed E-state index contributed by atoms with van der Waals surface area (Å²) in [4.78, 5) is 0. The number of methoxy groups -OCH3 is 1. The summed E-state index contributed by atoms with van der Waals surface area (Å²) >= 11 is 16.0. The number of hydrogen-bond donors (Lipinski definition) is 2. The fourth-order valence-electron chi connectivity index (χ4n) is 2.11. The molecule has 0 heterocycles. The Balaban J connectivity index is 2.36. The normalized spacial score (nSPS) is 12.2. The van der Waals surface area contributed by atoms with E-state index in [0.717, 1.165) is 21.3 Å². The first-order chi connectivity index (χ1) is 10.1. The Labute approximate surface area is 142 Å². The summed E-state index contributed by atoms with van der Waals surface area (Å²) in [5, 5.41) is 1.25. The third-order valence-corrected chi connectivity index (χ3v) is 4.68. The number of rotatable bonds is 5. The van der Waals surface area contributed by atoms with Crippen molar-refractivity contribution >= 4 is 39.1 Å². The van der Waals surface area contributed by atoms with Crippen molar-refractivity contribution in [2.45, 2.75) is 12.5 Å². The van der Waals surface area contributed by atoms with Crippen molar-refractivity contribution in [3.8, 4) is 5.75 Å². The number of nitrogens with two attached hydrogens (primary N) is 1. The average Bonchev–Trinajstić information content (AvgIpc) is 2.48. The van der Waals surface area contributed by atoms with Crippen LogP contribution in [0.2, 0.25) is 10.0 Å². The Kier molecular flexibility index (Phi) is 5.90. The highest BCUT2D eigenvalue weighted by Gasteiger charge is 2.18. The second-order valence-corrected chi connectivity index (χ2v) is 6.18. The molecule has 0 aliphatic rings. The van der Waals surface area contributed by atoms with Gasteiger partial charge < -0.3 is 4.74 Å². The molecule has 0 amide bonds. The molecule has 112 valence electrons. The van der Waals surface area contributed by atoms with Crippen LogP contribution in [0.15, 0.2) is 40.9 Å². The smallest absolute Gasteiger partial charge is 0.119 e. The molecule has 0 aromatic heterocycles. The van der Waals surface area contributed by atoms with Crippen LogP contribution in [0.4, 0.5) is 0 Å². The van der Waals surface area contributed by atoms with Gasteiger partial charge in [-0.3, -0.25) is 11.3 Å². The predicted octanol–water partition coefficient (Wildman–Crippen LogP) is 4.51. The monoisotopic (exact) mass is 388 g/mol. The molecule has 1 unspecified atom stereocenters. The van der Waals surface area contributed by atoms with Gasteiger partial charge in [0.1, 0.15) is 5.75 Å². The average molecular weight is 390 g/mol. The Morgan fingerprint density at radius 1 is 1.24 bits per heavy atom. The van der Waals surface area contributed by atoms with E-state index in [0.29, 0.717) is 16.5 Å². The molecule has 0 spiro atoms. The van der Waals surface area contributed by atoms with E-state index in [1.54, 1.807) is 7.11 Å². The van der Waals surface area contributed by atoms with Crippen molar-refractivity contribution in [2.24, 2.45) is 5.84 Å². The van der Waals surface area contributed by atoms with Crippen LogP contribution >= 0.6 is 39.1 Å². The summed E-state index contributed by atoms with van der Waals surface area (Å²) in [6.07, 6.45) is 0.570. The van der Waals surface area contributed by atoms with Crippen molar-refractivity contribution < 1.29 is 4.74 Å². The van der Waals surface area contributed by atoms with Crippen LogP contribution in [0.1, 0.15) is 17.2 Å². The van der Waals surface area contributed by atoms with E-state index in [1.165, 1.54) is 0 Å². The van der Waals surface area contributed by atoms with Gasteiger partial charge in [0.05, 0.1) is 13.2 Å². The van der Waals surface area contributed by atoms with Crippen LogP contribution in [0.25, 0.3) is 0 Å². The van der Waals surface area contributed by atoms with Crippen molar-refractivity contribution in [3.63, 3.8) is 0 Å². The largest absolute Gasteiger partial charge is 0.497 e. The van der Waals surface area contributed by atoms with Crippen LogP contribution in [-0.4, -0.2) is 7.11 Å². The molecule has 0 fully saturated rings. The molecule has 0 saturated heterocycles. The number of halogens is 3. The highest BCUT2D eigenvalue weighted by Crippen LogP contribution is 2.33. The van der Waals surface area contributed by atoms with Gasteiger partial charge in [0.2, 0.25) is 0 Å². The number of ether oxygens (including phenoxy) is 1. The van der Waals surface area contributed by atoms with E-state index >= 15 is 0 Å². The van der Waals surface area contributed by atoms with E-state index < -0.39 is 0 Å². The van der Waals surface area contributed by atoms with Crippen LogP contribution < -0.4 is 16.0 Å². The lowest BCUT2D eigenvalue weighted by Crippen LogP contribution is -2.30. The molecule has 2 rings (SSSR count). The van der Waals surface area contributed by atoms with Gasteiger partial charge in [-0.25, -0.2) is 0 Å². The van der Waals surface area contributed by atoms with Crippen LogP contribution in [0.5, 0.6) is 5.75 Å². The van der Waals surface area contributed by atoms with E-state index in [-0.39, 0.29) is 6.04 Å². The molecule has 3 N–H and O–H groups in total. The van der Waals surface area contributed by atoms with Crippen molar-refractivity contribution in [2.75, 3.05) is 7.11 Å². The van der Waals surface area contributed by atoms with Crippen LogP contribution in [0, 0.1) is 0 Å². The second-order valence-electron chi connectivity index (χ2n) is 4.51. The number of nitrogens with one attached hydrogen (secondary N) is 1. The summed E-state index contributed by atoms with van der Waals surface area (Å²) in [5.41, 5.74) is 4.65. The molecule has 6 heteroatoms. The number of hydrazine groups is 1. The maximum absolute atomic E-state index is 6.23. The summed E-state index contributed by atoms with van der Waals surface area (Å²) in [5.74, 6) is 6.48. The van der Waals surface area contributed by atoms with E-state index in [2.05, 4.69) is 21.4 Å². The van der Waals surface area contributed by atoms with E-state index in [4.69, 9.17) is 33.8 Å². The standard InChI is InChI=1S/C15H15BrCl2N2O/c1-21-9-5-6-12(16)10(7-9)15(20-19)8-11-13(17)3-2-4-14(11)18/h2-7,15,20H,8,19H2,1H3. The summed E-state index contributed by atoms with van der Waals surface area (Å²) < 4.78 is 6.20. The third kappa shape index (κ3) is 3.90. The molecule has 1 atom stereocenters. The molecule has 0 aliphatic carbocycles. The minimum absolute atomic E-state index is 0.146. The summed E-state index contributed by atoms with van der Waals surface area (Å²) in [6.45, 7) is 0. The Morgan fingerprint density at radius 3 is 2.48 bits per heavy atom. The SMILES string of the molecule is COc1ccc(Br)c(C(Cc2c(Cl)cccc2Cl)NN)c1. The minimum atomic E-state index is -0.146. The molecule has 3 nitrogen and oxygen atoms in total. The Hall–Kier alpha value is -0.780. The van der Waals surface area contributed by atoms with Gasteiger partial charge in [-0.1, -0.05) is 45.2 Å². The quantitative estimate of drug-likeness (QED) is 0.584. The van der Waals surface area contributed by atoms with Gasteiger partial charge >= 0.3 is 0 Å². The fraction of sp³-hybridized carbons (Fsp3) is 0.200. The second kappa shape index (κ2) is 7.47. The Bertz CT molecular complexity index is 617. The third-order valence-electron chi connectivity index (χ3n) is 3.25. The molecular formula is C15H15BrCl2N2O. The highest BCUT2D eigenvalue weighted by molar-refractivity contribution is 9.10. The molecule has 2 aromatic rings. The lowest BCUT2D eigenvalue weighted by molar-refractivity contribution is 0.412. The van der Waals surface area contributed by atoms with E-state index in [9.17, 15) is 0 Å². The molecule has 21 heavy (non-hydrogen) atoms. The van der Waals surface area contributed by atoms with Gasteiger partial charge in [0.25, 0.3) is 0 Å². The first-order valence-electron chi connectivity index (χ1n) is 6.29. The summed E-state index contributed by atoms with van der Waals surface area (Å²) in [6, 6.07) is 11.0. The first kappa shape index (κ1) is 16.6.